The van der Waals surface area contributed by atoms with E-state index in [9.17, 15) is 22.5 Å². The van der Waals surface area contributed by atoms with Crippen LogP contribution in [0.5, 0.6) is 0 Å². The van der Waals surface area contributed by atoms with Gasteiger partial charge in [-0.05, 0) is 51.5 Å². The third-order valence-electron chi connectivity index (χ3n) is 6.67. The van der Waals surface area contributed by atoms with E-state index in [0.29, 0.717) is 25.2 Å². The van der Waals surface area contributed by atoms with Gasteiger partial charge in [0.2, 0.25) is 0 Å². The number of halogens is 5. The van der Waals surface area contributed by atoms with Crippen LogP contribution in [0.25, 0.3) is 0 Å². The monoisotopic (exact) mass is 533 g/mol. The summed E-state index contributed by atoms with van der Waals surface area (Å²) in [5.74, 6) is -1.30. The molecule has 2 aliphatic rings. The molecule has 0 spiro atoms. The van der Waals surface area contributed by atoms with Crippen molar-refractivity contribution in [3.63, 3.8) is 0 Å². The molecule has 2 aromatic rings. The van der Waals surface area contributed by atoms with Gasteiger partial charge in [-0.15, -0.1) is 0 Å². The topological polar surface area (TPSA) is 113 Å². The normalized spacial score (nSPS) is 29.6. The molecule has 1 aromatic carbocycles. The molecule has 4 rings (SSSR count). The van der Waals surface area contributed by atoms with Crippen LogP contribution in [0.15, 0.2) is 35.5 Å². The summed E-state index contributed by atoms with van der Waals surface area (Å²) < 4.78 is 67.6. The Balaban J connectivity index is 1.70. The molecule has 35 heavy (non-hydrogen) atoms. The summed E-state index contributed by atoms with van der Waals surface area (Å²) in [6, 6.07) is 4.42. The van der Waals surface area contributed by atoms with Gasteiger partial charge in [-0.3, -0.25) is 14.5 Å². The number of hydrogen-bond acceptors (Lipinski definition) is 6. The Bertz CT molecular complexity index is 1240. The number of amides is 1. The predicted molar refractivity (Wildman–Crippen MR) is 128 cm³/mol. The Labute approximate surface area is 205 Å². The summed E-state index contributed by atoms with van der Waals surface area (Å²) in [5.41, 5.74) is 3.76. The molecule has 1 amide bonds. The van der Waals surface area contributed by atoms with E-state index in [4.69, 9.17) is 17.3 Å². The third kappa shape index (κ3) is 4.05. The van der Waals surface area contributed by atoms with E-state index in [-0.39, 0.29) is 17.1 Å². The lowest BCUT2D eigenvalue weighted by Gasteiger charge is -2.56. The van der Waals surface area contributed by atoms with Gasteiger partial charge in [-0.25, -0.2) is 9.37 Å². The largest absolute Gasteiger partial charge is 0.417 e. The number of hydrogen-bond donors (Lipinski definition) is 4. The molecular formula is C22H24ClF4N5O2S. The average Bonchev–Trinajstić information content (AvgIpc) is 3.18. The van der Waals surface area contributed by atoms with Gasteiger partial charge in [-0.2, -0.15) is 13.2 Å². The van der Waals surface area contributed by atoms with Gasteiger partial charge in [0.1, 0.15) is 22.9 Å². The molecule has 0 aliphatic carbocycles. The van der Waals surface area contributed by atoms with Crippen LogP contribution in [0.4, 0.5) is 23.2 Å². The minimum absolute atomic E-state index is 0.111. The van der Waals surface area contributed by atoms with E-state index >= 15 is 4.39 Å². The van der Waals surface area contributed by atoms with Crippen molar-refractivity contribution < 1.29 is 26.9 Å². The number of aromatic nitrogens is 1. The first kappa shape index (κ1) is 25.7. The van der Waals surface area contributed by atoms with Gasteiger partial charge in [0, 0.05) is 24.0 Å². The second-order valence-corrected chi connectivity index (χ2v) is 12.7. The van der Waals surface area contributed by atoms with Crippen molar-refractivity contribution in [2.24, 2.45) is 10.7 Å². The number of pyridine rings is 1. The number of carbonyl (C=O) groups excluding carboxylic acids is 1. The highest BCUT2D eigenvalue weighted by atomic mass is 35.5. The lowest BCUT2D eigenvalue weighted by Crippen LogP contribution is -2.57. The summed E-state index contributed by atoms with van der Waals surface area (Å²) in [4.78, 5) is 20.9. The van der Waals surface area contributed by atoms with Gasteiger partial charge >= 0.3 is 6.18 Å². The average molecular weight is 534 g/mol. The maximum Gasteiger partial charge on any atom is 0.417 e. The molecule has 7 nitrogen and oxygen atoms in total. The Morgan fingerprint density at radius 1 is 1.31 bits per heavy atom. The number of alkyl halides is 3. The Kier molecular flexibility index (Phi) is 6.11. The fourth-order valence-electron chi connectivity index (χ4n) is 4.56. The van der Waals surface area contributed by atoms with Crippen molar-refractivity contribution in [3.05, 3.63) is 58.1 Å². The molecule has 2 aliphatic heterocycles. The lowest BCUT2D eigenvalue weighted by molar-refractivity contribution is -0.137. The highest BCUT2D eigenvalue weighted by molar-refractivity contribution is 8.29. The number of amidine groups is 1. The first-order chi connectivity index (χ1) is 16.1. The van der Waals surface area contributed by atoms with E-state index < -0.39 is 60.2 Å². The van der Waals surface area contributed by atoms with Gasteiger partial charge in [-0.1, -0.05) is 22.1 Å². The Morgan fingerprint density at radius 3 is 2.63 bits per heavy atom. The van der Waals surface area contributed by atoms with Crippen LogP contribution in [0.3, 0.4) is 0 Å². The molecular weight excluding hydrogens is 510 g/mol. The summed E-state index contributed by atoms with van der Waals surface area (Å²) >= 11 is 5.87. The zero-order valence-electron chi connectivity index (χ0n) is 19.0. The number of fused-ring (bicyclic) bond motifs is 1. The summed E-state index contributed by atoms with van der Waals surface area (Å²) in [6.07, 6.45) is -3.62. The second kappa shape index (κ2) is 8.32. The van der Waals surface area contributed by atoms with Crippen LogP contribution in [-0.2, 0) is 11.7 Å². The fourth-order valence-corrected chi connectivity index (χ4v) is 8.18. The predicted octanol–water partition coefficient (Wildman–Crippen LogP) is 5.06. The molecule has 0 saturated carbocycles. The number of carbonyl (C=O) groups is 1. The van der Waals surface area contributed by atoms with Crippen LogP contribution < -0.4 is 15.8 Å². The van der Waals surface area contributed by atoms with E-state index in [1.54, 1.807) is 20.8 Å². The zero-order valence-corrected chi connectivity index (χ0v) is 20.6. The molecule has 1 unspecified atom stereocenters. The summed E-state index contributed by atoms with van der Waals surface area (Å²) in [6.45, 7) is 5.78. The first-order valence-electron chi connectivity index (χ1n) is 10.6. The quantitative estimate of drug-likeness (QED) is 0.412. The number of nitrogens with two attached hydrogens (primary N) is 1. The van der Waals surface area contributed by atoms with Crippen LogP contribution >= 0.6 is 22.1 Å². The minimum Gasteiger partial charge on any atom is -0.386 e. The smallest absolute Gasteiger partial charge is 0.386 e. The minimum atomic E-state index is -4.66. The van der Waals surface area contributed by atoms with Crippen molar-refractivity contribution >= 4 is 39.5 Å². The molecule has 3 atom stereocenters. The third-order valence-corrected chi connectivity index (χ3v) is 10.9. The summed E-state index contributed by atoms with van der Waals surface area (Å²) in [5, 5.41) is 1.56. The summed E-state index contributed by atoms with van der Waals surface area (Å²) in [7, 11) is -2.53. The van der Waals surface area contributed by atoms with Gasteiger partial charge in [0.25, 0.3) is 5.91 Å². The van der Waals surface area contributed by atoms with Gasteiger partial charge in [0.05, 0.1) is 20.6 Å². The number of aliphatic imine (C=N–C) groups is 1. The van der Waals surface area contributed by atoms with Crippen molar-refractivity contribution in [2.75, 3.05) is 11.9 Å². The molecule has 0 radical (unpaired) electrons. The second-order valence-electron chi connectivity index (χ2n) is 9.15. The molecule has 3 heterocycles. The standard InChI is InChI=1S/C22H24ClF4N5O2S/c1-20(2)19(28)32-21(3,16-6-7-30-35(16,20)34)13-9-12(4-5-15(13)24)31-18(33)17-14(23)8-11(10-29-17)22(25,26)27/h4-5,8-10,16,30,34H,6-7H2,1-3H3,(H2,28,32)(H,31,33)/t16-,21+/m0/s1. The van der Waals surface area contributed by atoms with E-state index in [0.717, 1.165) is 6.07 Å². The maximum atomic E-state index is 15.1. The number of anilines is 1. The molecule has 5 N–H and O–H groups in total. The molecule has 1 fully saturated rings. The highest BCUT2D eigenvalue weighted by Gasteiger charge is 2.60. The SMILES string of the molecule is CC1(C)C(N)=N[C@](C)(c2cc(NC(=O)c3ncc(C(F)(F)F)cc3Cl)ccc2F)[C@@H]2CCNS21O. The van der Waals surface area contributed by atoms with Crippen molar-refractivity contribution in [2.45, 2.75) is 48.9 Å². The van der Waals surface area contributed by atoms with Crippen LogP contribution in [0, 0.1) is 5.82 Å². The van der Waals surface area contributed by atoms with Crippen LogP contribution in [0.2, 0.25) is 5.02 Å². The fraction of sp³-hybridized carbons (Fsp3) is 0.409. The Hall–Kier alpha value is -2.41. The first-order valence-corrected chi connectivity index (χ1v) is 12.6. The van der Waals surface area contributed by atoms with Gasteiger partial charge in [0.15, 0.2) is 0 Å². The number of nitrogens with one attached hydrogen (secondary N) is 2. The van der Waals surface area contributed by atoms with Crippen molar-refractivity contribution in [1.82, 2.24) is 9.71 Å². The van der Waals surface area contributed by atoms with Crippen LogP contribution in [-0.4, -0.2) is 37.8 Å². The zero-order chi connectivity index (χ0) is 26.0. The molecule has 0 bridgehead atoms. The number of rotatable bonds is 3. The molecule has 1 saturated heterocycles. The molecule has 190 valence electrons. The molecule has 1 aromatic heterocycles. The van der Waals surface area contributed by atoms with Gasteiger partial charge < -0.3 is 15.6 Å². The van der Waals surface area contributed by atoms with E-state index in [1.165, 1.54) is 12.1 Å². The maximum absolute atomic E-state index is 15.1. The van der Waals surface area contributed by atoms with Crippen molar-refractivity contribution in [1.29, 1.82) is 0 Å². The number of benzene rings is 1. The van der Waals surface area contributed by atoms with E-state index in [1.807, 2.05) is 0 Å². The van der Waals surface area contributed by atoms with Crippen molar-refractivity contribution in [3.8, 4) is 0 Å². The number of nitrogens with zero attached hydrogens (tertiary/aromatic N) is 2. The Morgan fingerprint density at radius 2 is 2.00 bits per heavy atom. The highest BCUT2D eigenvalue weighted by Crippen LogP contribution is 2.67. The lowest BCUT2D eigenvalue weighted by atomic mass is 9.85. The van der Waals surface area contributed by atoms with Crippen LogP contribution in [0.1, 0.15) is 48.8 Å². The molecule has 13 heteroatoms. The van der Waals surface area contributed by atoms with E-state index in [2.05, 4.69) is 20.0 Å².